The number of benzene rings is 2. The van der Waals surface area contributed by atoms with Crippen LogP contribution in [0.1, 0.15) is 17.2 Å². The lowest BCUT2D eigenvalue weighted by Crippen LogP contribution is -2.29. The fraction of sp³-hybridized carbons (Fsp3) is 0.0769. The van der Waals surface area contributed by atoms with Crippen LogP contribution in [0.4, 0.5) is 13.2 Å². The van der Waals surface area contributed by atoms with E-state index in [1.807, 2.05) is 0 Å². The van der Waals surface area contributed by atoms with Crippen molar-refractivity contribution < 1.29 is 13.2 Å². The minimum Gasteiger partial charge on any atom is -0.271 e. The number of nitrogens with one attached hydrogen (secondary N) is 1. The summed E-state index contributed by atoms with van der Waals surface area (Å²) in [4.78, 5) is 0. The largest absolute Gasteiger partial charge is 0.271 e. The van der Waals surface area contributed by atoms with E-state index < -0.39 is 23.5 Å². The first-order valence-corrected chi connectivity index (χ1v) is 6.18. The topological polar surface area (TPSA) is 38.0 Å². The first kappa shape index (κ1) is 14.0. The van der Waals surface area contributed by atoms with Gasteiger partial charge in [0.25, 0.3) is 0 Å². The monoisotopic (exact) mass is 330 g/mol. The van der Waals surface area contributed by atoms with Crippen LogP contribution in [0.15, 0.2) is 40.9 Å². The Morgan fingerprint density at radius 3 is 2.32 bits per heavy atom. The standard InChI is InChI=1S/C13H10BrF3N2/c14-10-6-8(15)2-3-9(10)13(19-18)7-1-4-11(16)12(17)5-7/h1-6,13,19H,18H2. The molecular weight excluding hydrogens is 321 g/mol. The van der Waals surface area contributed by atoms with Crippen LogP contribution < -0.4 is 11.3 Å². The quantitative estimate of drug-likeness (QED) is 0.668. The highest BCUT2D eigenvalue weighted by molar-refractivity contribution is 9.10. The predicted octanol–water partition coefficient (Wildman–Crippen LogP) is 3.42. The molecule has 3 N–H and O–H groups in total. The van der Waals surface area contributed by atoms with Gasteiger partial charge in [0.1, 0.15) is 5.82 Å². The molecule has 2 nitrogen and oxygen atoms in total. The summed E-state index contributed by atoms with van der Waals surface area (Å²) >= 11 is 3.22. The molecule has 2 aromatic rings. The molecule has 19 heavy (non-hydrogen) atoms. The summed E-state index contributed by atoms with van der Waals surface area (Å²) in [6, 6.07) is 6.97. The second-order valence-corrected chi connectivity index (χ2v) is 4.79. The van der Waals surface area contributed by atoms with E-state index >= 15 is 0 Å². The van der Waals surface area contributed by atoms with E-state index in [0.717, 1.165) is 12.1 Å². The normalized spacial score (nSPS) is 12.5. The second-order valence-electron chi connectivity index (χ2n) is 3.94. The maximum absolute atomic E-state index is 13.2. The van der Waals surface area contributed by atoms with E-state index in [0.29, 0.717) is 15.6 Å². The zero-order valence-corrected chi connectivity index (χ0v) is 11.2. The van der Waals surface area contributed by atoms with Gasteiger partial charge in [-0.3, -0.25) is 5.84 Å². The number of hydrogen-bond donors (Lipinski definition) is 2. The number of nitrogens with two attached hydrogens (primary N) is 1. The van der Waals surface area contributed by atoms with E-state index in [9.17, 15) is 13.2 Å². The van der Waals surface area contributed by atoms with Gasteiger partial charge in [-0.05, 0) is 35.4 Å². The highest BCUT2D eigenvalue weighted by Gasteiger charge is 2.17. The van der Waals surface area contributed by atoms with Crippen LogP contribution in [0.25, 0.3) is 0 Å². The molecule has 0 radical (unpaired) electrons. The van der Waals surface area contributed by atoms with Crippen molar-refractivity contribution in [3.63, 3.8) is 0 Å². The number of hydrazine groups is 1. The third-order valence-electron chi connectivity index (χ3n) is 2.72. The number of halogens is 4. The van der Waals surface area contributed by atoms with Crippen molar-refractivity contribution in [2.24, 2.45) is 5.84 Å². The molecule has 1 unspecified atom stereocenters. The lowest BCUT2D eigenvalue weighted by atomic mass is 9.99. The fourth-order valence-electron chi connectivity index (χ4n) is 1.79. The molecule has 0 amide bonds. The molecule has 0 spiro atoms. The third kappa shape index (κ3) is 2.97. The van der Waals surface area contributed by atoms with Crippen molar-refractivity contribution >= 4 is 15.9 Å². The Bertz CT molecular complexity index is 604. The van der Waals surface area contributed by atoms with Gasteiger partial charge in [0, 0.05) is 4.47 Å². The van der Waals surface area contributed by atoms with Crippen LogP contribution in [0.3, 0.4) is 0 Å². The SMILES string of the molecule is NNC(c1ccc(F)c(F)c1)c1ccc(F)cc1Br. The maximum atomic E-state index is 13.2. The van der Waals surface area contributed by atoms with Crippen molar-refractivity contribution in [1.29, 1.82) is 0 Å². The first-order valence-electron chi connectivity index (χ1n) is 5.39. The molecule has 6 heteroatoms. The maximum Gasteiger partial charge on any atom is 0.159 e. The summed E-state index contributed by atoms with van der Waals surface area (Å²) in [5, 5.41) is 0. The van der Waals surface area contributed by atoms with Crippen molar-refractivity contribution in [3.05, 3.63) is 69.4 Å². The highest BCUT2D eigenvalue weighted by atomic mass is 79.9. The van der Waals surface area contributed by atoms with E-state index in [1.165, 1.54) is 24.3 Å². The molecular formula is C13H10BrF3N2. The molecule has 100 valence electrons. The molecule has 1 atom stereocenters. The van der Waals surface area contributed by atoms with Gasteiger partial charge in [0.15, 0.2) is 11.6 Å². The van der Waals surface area contributed by atoms with Crippen LogP contribution in [-0.4, -0.2) is 0 Å². The Hall–Kier alpha value is -1.37. The van der Waals surface area contributed by atoms with Gasteiger partial charge in [0.2, 0.25) is 0 Å². The lowest BCUT2D eigenvalue weighted by molar-refractivity contribution is 0.503. The molecule has 0 heterocycles. The number of rotatable bonds is 3. The van der Waals surface area contributed by atoms with Gasteiger partial charge in [-0.1, -0.05) is 28.1 Å². The summed E-state index contributed by atoms with van der Waals surface area (Å²) in [5.41, 5.74) is 3.56. The van der Waals surface area contributed by atoms with Crippen LogP contribution in [0, 0.1) is 17.5 Å². The molecule has 0 bridgehead atoms. The van der Waals surface area contributed by atoms with Gasteiger partial charge < -0.3 is 0 Å². The molecule has 0 saturated carbocycles. The zero-order chi connectivity index (χ0) is 14.0. The third-order valence-corrected chi connectivity index (χ3v) is 3.40. The van der Waals surface area contributed by atoms with Crippen molar-refractivity contribution in [2.75, 3.05) is 0 Å². The van der Waals surface area contributed by atoms with E-state index in [2.05, 4.69) is 21.4 Å². The van der Waals surface area contributed by atoms with E-state index in [1.54, 1.807) is 0 Å². The Labute approximate surface area is 116 Å². The zero-order valence-electron chi connectivity index (χ0n) is 9.63. The predicted molar refractivity (Wildman–Crippen MR) is 69.6 cm³/mol. The highest BCUT2D eigenvalue weighted by Crippen LogP contribution is 2.29. The fourth-order valence-corrected chi connectivity index (χ4v) is 2.37. The average Bonchev–Trinajstić information content (AvgIpc) is 2.37. The summed E-state index contributed by atoms with van der Waals surface area (Å²) in [5.74, 6) is 3.15. The summed E-state index contributed by atoms with van der Waals surface area (Å²) < 4.78 is 39.7. The second kappa shape index (κ2) is 5.73. The van der Waals surface area contributed by atoms with Gasteiger partial charge >= 0.3 is 0 Å². The van der Waals surface area contributed by atoms with Crippen LogP contribution in [0.2, 0.25) is 0 Å². The smallest absolute Gasteiger partial charge is 0.159 e. The van der Waals surface area contributed by atoms with Gasteiger partial charge in [-0.25, -0.2) is 18.6 Å². The van der Waals surface area contributed by atoms with Crippen LogP contribution >= 0.6 is 15.9 Å². The van der Waals surface area contributed by atoms with Crippen LogP contribution in [-0.2, 0) is 0 Å². The van der Waals surface area contributed by atoms with Gasteiger partial charge in [0.05, 0.1) is 6.04 Å². The van der Waals surface area contributed by atoms with Crippen molar-refractivity contribution in [2.45, 2.75) is 6.04 Å². The van der Waals surface area contributed by atoms with E-state index in [4.69, 9.17) is 5.84 Å². The molecule has 0 aromatic heterocycles. The number of hydrogen-bond acceptors (Lipinski definition) is 2. The Morgan fingerprint density at radius 2 is 1.74 bits per heavy atom. The van der Waals surface area contributed by atoms with Crippen molar-refractivity contribution in [1.82, 2.24) is 5.43 Å². The van der Waals surface area contributed by atoms with Gasteiger partial charge in [-0.15, -0.1) is 0 Å². The Kier molecular flexibility index (Phi) is 4.24. The molecule has 0 aliphatic heterocycles. The van der Waals surface area contributed by atoms with Crippen molar-refractivity contribution in [3.8, 4) is 0 Å². The molecule has 0 saturated heterocycles. The molecule has 2 aromatic carbocycles. The van der Waals surface area contributed by atoms with Crippen LogP contribution in [0.5, 0.6) is 0 Å². The minimum absolute atomic E-state index is 0.406. The summed E-state index contributed by atoms with van der Waals surface area (Å²) in [6.07, 6.45) is 0. The molecule has 0 aliphatic carbocycles. The Balaban J connectivity index is 2.46. The summed E-state index contributed by atoms with van der Waals surface area (Å²) in [6.45, 7) is 0. The van der Waals surface area contributed by atoms with Gasteiger partial charge in [-0.2, -0.15) is 0 Å². The Morgan fingerprint density at radius 1 is 1.00 bits per heavy atom. The van der Waals surface area contributed by atoms with E-state index in [-0.39, 0.29) is 0 Å². The first-order chi connectivity index (χ1) is 9.02. The molecule has 0 aliphatic rings. The minimum atomic E-state index is -0.962. The average molecular weight is 331 g/mol. The summed E-state index contributed by atoms with van der Waals surface area (Å²) in [7, 11) is 0. The molecule has 0 fully saturated rings. The lowest BCUT2D eigenvalue weighted by Gasteiger charge is -2.18. The molecule has 2 rings (SSSR count).